The zero-order valence-electron chi connectivity index (χ0n) is 11.5. The summed E-state index contributed by atoms with van der Waals surface area (Å²) in [4.78, 5) is 15.4. The van der Waals surface area contributed by atoms with Crippen LogP contribution in [0.3, 0.4) is 0 Å². The van der Waals surface area contributed by atoms with Gasteiger partial charge in [-0.2, -0.15) is 0 Å². The number of aromatic nitrogens is 1. The normalized spacial score (nSPS) is 10.4. The number of carbonyl (C=O) groups is 1. The number of oxazole rings is 1. The molecule has 0 amide bonds. The van der Waals surface area contributed by atoms with E-state index in [4.69, 9.17) is 9.15 Å². The number of benzene rings is 2. The van der Waals surface area contributed by atoms with Gasteiger partial charge in [-0.3, -0.25) is 4.79 Å². The predicted molar refractivity (Wildman–Crippen MR) is 85.8 cm³/mol. The molecule has 0 saturated heterocycles. The highest BCUT2D eigenvalue weighted by molar-refractivity contribution is 9.10. The largest absolute Gasteiger partial charge is 0.486 e. The van der Waals surface area contributed by atoms with Gasteiger partial charge in [0.25, 0.3) is 0 Å². The summed E-state index contributed by atoms with van der Waals surface area (Å²) < 4.78 is 11.9. The van der Waals surface area contributed by atoms with Gasteiger partial charge in [0.1, 0.15) is 24.3 Å². The van der Waals surface area contributed by atoms with E-state index >= 15 is 0 Å². The summed E-state index contributed by atoms with van der Waals surface area (Å²) in [7, 11) is 0. The number of rotatable bonds is 5. The molecule has 5 heteroatoms. The molecule has 0 atom stereocenters. The SMILES string of the molecule is O=Cc1cc(Br)ccc1OCc1coc(-c2ccccc2)n1. The lowest BCUT2D eigenvalue weighted by atomic mass is 10.2. The van der Waals surface area contributed by atoms with E-state index in [1.165, 1.54) is 0 Å². The first-order valence-electron chi connectivity index (χ1n) is 6.63. The van der Waals surface area contributed by atoms with E-state index in [1.54, 1.807) is 18.4 Å². The number of carbonyl (C=O) groups excluding carboxylic acids is 1. The van der Waals surface area contributed by atoms with E-state index in [-0.39, 0.29) is 6.61 Å². The topological polar surface area (TPSA) is 52.3 Å². The van der Waals surface area contributed by atoms with Crippen LogP contribution < -0.4 is 4.74 Å². The lowest BCUT2D eigenvalue weighted by molar-refractivity contribution is 0.111. The number of hydrogen-bond acceptors (Lipinski definition) is 4. The van der Waals surface area contributed by atoms with Crippen LogP contribution in [0.2, 0.25) is 0 Å². The van der Waals surface area contributed by atoms with Crippen molar-refractivity contribution in [2.45, 2.75) is 6.61 Å². The number of nitrogens with zero attached hydrogens (tertiary/aromatic N) is 1. The predicted octanol–water partition coefficient (Wildman–Crippen LogP) is 4.50. The molecule has 0 radical (unpaired) electrons. The van der Waals surface area contributed by atoms with Crippen molar-refractivity contribution in [1.82, 2.24) is 4.98 Å². The monoisotopic (exact) mass is 357 g/mol. The molecule has 0 bridgehead atoms. The van der Waals surface area contributed by atoms with Crippen LogP contribution in [0.15, 0.2) is 63.7 Å². The summed E-state index contributed by atoms with van der Waals surface area (Å²) in [5.41, 5.74) is 2.06. The Labute approximate surface area is 135 Å². The first-order chi connectivity index (χ1) is 10.8. The van der Waals surface area contributed by atoms with Crippen LogP contribution in [0.1, 0.15) is 16.1 Å². The van der Waals surface area contributed by atoms with Crippen LogP contribution in [0.25, 0.3) is 11.5 Å². The number of ether oxygens (including phenoxy) is 1. The Morgan fingerprint density at radius 1 is 1.18 bits per heavy atom. The summed E-state index contributed by atoms with van der Waals surface area (Å²) in [6, 6.07) is 14.9. The molecule has 22 heavy (non-hydrogen) atoms. The average molecular weight is 358 g/mol. The molecule has 3 aromatic rings. The molecule has 0 aliphatic rings. The van der Waals surface area contributed by atoms with Gasteiger partial charge in [0.15, 0.2) is 6.29 Å². The molecule has 4 nitrogen and oxygen atoms in total. The maximum absolute atomic E-state index is 11.0. The van der Waals surface area contributed by atoms with Gasteiger partial charge >= 0.3 is 0 Å². The van der Waals surface area contributed by atoms with Crippen LogP contribution in [-0.4, -0.2) is 11.3 Å². The summed E-state index contributed by atoms with van der Waals surface area (Å²) >= 11 is 3.32. The highest BCUT2D eigenvalue weighted by atomic mass is 79.9. The second-order valence-electron chi connectivity index (χ2n) is 4.60. The minimum absolute atomic E-state index is 0.235. The van der Waals surface area contributed by atoms with E-state index in [9.17, 15) is 4.79 Å². The summed E-state index contributed by atoms with van der Waals surface area (Å²) in [6.07, 6.45) is 2.32. The van der Waals surface area contributed by atoms with Crippen molar-refractivity contribution in [3.05, 3.63) is 70.5 Å². The first kappa shape index (κ1) is 14.5. The van der Waals surface area contributed by atoms with Gasteiger partial charge in [0.05, 0.1) is 5.56 Å². The van der Waals surface area contributed by atoms with Gasteiger partial charge < -0.3 is 9.15 Å². The van der Waals surface area contributed by atoms with E-state index in [1.807, 2.05) is 36.4 Å². The molecule has 0 N–H and O–H groups in total. The van der Waals surface area contributed by atoms with Crippen LogP contribution >= 0.6 is 15.9 Å². The van der Waals surface area contributed by atoms with Crippen LogP contribution in [0, 0.1) is 0 Å². The van der Waals surface area contributed by atoms with Crippen molar-refractivity contribution in [2.24, 2.45) is 0 Å². The molecular weight excluding hydrogens is 346 g/mol. The summed E-state index contributed by atoms with van der Waals surface area (Å²) in [5, 5.41) is 0. The van der Waals surface area contributed by atoms with E-state index in [0.717, 1.165) is 16.3 Å². The molecular formula is C17H12BrNO3. The van der Waals surface area contributed by atoms with Gasteiger partial charge in [-0.05, 0) is 30.3 Å². The maximum Gasteiger partial charge on any atom is 0.226 e. The molecule has 1 heterocycles. The molecule has 0 spiro atoms. The third kappa shape index (κ3) is 3.26. The summed E-state index contributed by atoms with van der Waals surface area (Å²) in [6.45, 7) is 0.235. The average Bonchev–Trinajstić information content (AvgIpc) is 3.03. The summed E-state index contributed by atoms with van der Waals surface area (Å²) in [5.74, 6) is 1.06. The Hall–Kier alpha value is -2.40. The van der Waals surface area contributed by atoms with Gasteiger partial charge in [-0.15, -0.1) is 0 Å². The highest BCUT2D eigenvalue weighted by Gasteiger charge is 2.08. The standard InChI is InChI=1S/C17H12BrNO3/c18-14-6-7-16(13(8-14)9-20)21-10-15-11-22-17(19-15)12-4-2-1-3-5-12/h1-9,11H,10H2. The van der Waals surface area contributed by atoms with E-state index in [2.05, 4.69) is 20.9 Å². The molecule has 0 aliphatic heterocycles. The van der Waals surface area contributed by atoms with Crippen molar-refractivity contribution < 1.29 is 13.9 Å². The molecule has 110 valence electrons. The molecule has 2 aromatic carbocycles. The Balaban J connectivity index is 1.73. The van der Waals surface area contributed by atoms with Gasteiger partial charge in [0, 0.05) is 10.0 Å². The number of halogens is 1. The fourth-order valence-electron chi connectivity index (χ4n) is 1.98. The Bertz CT molecular complexity index is 784. The molecule has 0 fully saturated rings. The van der Waals surface area contributed by atoms with E-state index < -0.39 is 0 Å². The first-order valence-corrected chi connectivity index (χ1v) is 7.43. The van der Waals surface area contributed by atoms with Crippen molar-refractivity contribution in [3.8, 4) is 17.2 Å². The maximum atomic E-state index is 11.0. The highest BCUT2D eigenvalue weighted by Crippen LogP contribution is 2.23. The van der Waals surface area contributed by atoms with Crippen molar-refractivity contribution >= 4 is 22.2 Å². The Kier molecular flexibility index (Phi) is 4.34. The van der Waals surface area contributed by atoms with Crippen LogP contribution in [0.5, 0.6) is 5.75 Å². The van der Waals surface area contributed by atoms with Gasteiger partial charge in [0.2, 0.25) is 5.89 Å². The second-order valence-corrected chi connectivity index (χ2v) is 5.51. The van der Waals surface area contributed by atoms with Crippen molar-refractivity contribution in [3.63, 3.8) is 0 Å². The van der Waals surface area contributed by atoms with Crippen molar-refractivity contribution in [2.75, 3.05) is 0 Å². The molecule has 3 rings (SSSR count). The second kappa shape index (κ2) is 6.58. The lowest BCUT2D eigenvalue weighted by Gasteiger charge is -2.06. The molecule has 0 aliphatic carbocycles. The van der Waals surface area contributed by atoms with Crippen LogP contribution in [0.4, 0.5) is 0 Å². The quantitative estimate of drug-likeness (QED) is 0.631. The van der Waals surface area contributed by atoms with Crippen molar-refractivity contribution in [1.29, 1.82) is 0 Å². The smallest absolute Gasteiger partial charge is 0.226 e. The fraction of sp³-hybridized carbons (Fsp3) is 0.0588. The van der Waals surface area contributed by atoms with Gasteiger partial charge in [-0.1, -0.05) is 34.1 Å². The third-order valence-corrected chi connectivity index (χ3v) is 3.54. The zero-order valence-corrected chi connectivity index (χ0v) is 13.1. The molecule has 1 aromatic heterocycles. The zero-order chi connectivity index (χ0) is 15.4. The minimum atomic E-state index is 0.235. The minimum Gasteiger partial charge on any atom is -0.486 e. The number of aldehydes is 1. The molecule has 0 saturated carbocycles. The van der Waals surface area contributed by atoms with E-state index in [0.29, 0.717) is 22.9 Å². The van der Waals surface area contributed by atoms with Gasteiger partial charge in [-0.25, -0.2) is 4.98 Å². The third-order valence-electron chi connectivity index (χ3n) is 3.05. The Morgan fingerprint density at radius 3 is 2.77 bits per heavy atom. The van der Waals surface area contributed by atoms with Crippen LogP contribution in [-0.2, 0) is 6.61 Å². The Morgan fingerprint density at radius 2 is 2.00 bits per heavy atom. The fourth-order valence-corrected chi connectivity index (χ4v) is 2.36. The lowest BCUT2D eigenvalue weighted by Crippen LogP contribution is -1.98. The number of hydrogen-bond donors (Lipinski definition) is 0. The molecule has 0 unspecified atom stereocenters.